The molecule has 0 aliphatic heterocycles. The van der Waals surface area contributed by atoms with Gasteiger partial charge in [0.25, 0.3) is 0 Å². The number of hydrogen-bond donors (Lipinski definition) is 3. The Balaban J connectivity index is 0.000000366. The van der Waals surface area contributed by atoms with Crippen LogP contribution in [0.25, 0.3) is 0 Å². The van der Waals surface area contributed by atoms with Crippen LogP contribution in [0.15, 0.2) is 30.3 Å². The highest BCUT2D eigenvalue weighted by Gasteiger charge is 2.07. The molecule has 98 valence electrons. The number of likely N-dealkylation sites (N-methyl/N-ethyl adjacent to an activating group) is 1. The molecule has 0 unspecified atom stereocenters. The Kier molecular flexibility index (Phi) is 8.04. The lowest BCUT2D eigenvalue weighted by atomic mass is 10.1. The molecule has 0 heterocycles. The molecule has 0 aromatic heterocycles. The molecule has 0 amide bonds. The molecule has 0 radical (unpaired) electrons. The normalized spacial score (nSPS) is 12.5. The van der Waals surface area contributed by atoms with Crippen molar-refractivity contribution in [2.75, 3.05) is 14.2 Å². The fourth-order valence-electron chi connectivity index (χ4n) is 1.07. The van der Waals surface area contributed by atoms with Gasteiger partial charge in [0.1, 0.15) is 0 Å². The van der Waals surface area contributed by atoms with Crippen LogP contribution in [0.4, 0.5) is 0 Å². The summed E-state index contributed by atoms with van der Waals surface area (Å²) in [5, 5.41) is 3.21. The van der Waals surface area contributed by atoms with Crippen molar-refractivity contribution in [2.24, 2.45) is 0 Å². The van der Waals surface area contributed by atoms with Gasteiger partial charge in [0.2, 0.25) is 0 Å². The van der Waals surface area contributed by atoms with Crippen LogP contribution in [0, 0.1) is 0 Å². The van der Waals surface area contributed by atoms with E-state index in [9.17, 15) is 4.57 Å². The van der Waals surface area contributed by atoms with Crippen LogP contribution in [0.3, 0.4) is 0 Å². The first-order valence-corrected chi connectivity index (χ1v) is 6.74. The van der Waals surface area contributed by atoms with Gasteiger partial charge < -0.3 is 15.1 Å². The molecule has 0 saturated heterocycles. The second-order valence-corrected chi connectivity index (χ2v) is 4.90. The van der Waals surface area contributed by atoms with Gasteiger partial charge in [0, 0.05) is 13.2 Å². The van der Waals surface area contributed by atoms with Gasteiger partial charge in [0.05, 0.1) is 0 Å². The van der Waals surface area contributed by atoms with Gasteiger partial charge in [-0.25, -0.2) is 4.57 Å². The maximum atomic E-state index is 9.47. The van der Waals surface area contributed by atoms with Crippen molar-refractivity contribution in [2.45, 2.75) is 19.4 Å². The van der Waals surface area contributed by atoms with Crippen molar-refractivity contribution in [1.29, 1.82) is 0 Å². The molecule has 0 fully saturated rings. The molecular formula is C11H20NO4P. The zero-order chi connectivity index (χ0) is 13.3. The molecule has 1 atom stereocenters. The monoisotopic (exact) mass is 261 g/mol. The average molecular weight is 261 g/mol. The number of hydrogen-bond acceptors (Lipinski definition) is 3. The van der Waals surface area contributed by atoms with Crippen molar-refractivity contribution < 1.29 is 18.9 Å². The molecule has 17 heavy (non-hydrogen) atoms. The molecule has 0 aliphatic carbocycles. The Morgan fingerprint density at radius 2 is 1.82 bits per heavy atom. The van der Waals surface area contributed by atoms with E-state index in [-0.39, 0.29) is 0 Å². The summed E-state index contributed by atoms with van der Waals surface area (Å²) in [5.74, 6) is 0. The van der Waals surface area contributed by atoms with E-state index >= 15 is 0 Å². The van der Waals surface area contributed by atoms with E-state index in [2.05, 4.69) is 41.0 Å². The second-order valence-electron chi connectivity index (χ2n) is 3.55. The predicted octanol–water partition coefficient (Wildman–Crippen LogP) is 1.56. The average Bonchev–Trinajstić information content (AvgIpc) is 2.30. The van der Waals surface area contributed by atoms with Crippen LogP contribution in [-0.2, 0) is 15.5 Å². The lowest BCUT2D eigenvalue weighted by molar-refractivity contribution is 0.235. The molecule has 0 saturated carbocycles. The fourth-order valence-corrected chi connectivity index (χ4v) is 1.07. The van der Waals surface area contributed by atoms with Crippen LogP contribution in [-0.4, -0.2) is 30.0 Å². The summed E-state index contributed by atoms with van der Waals surface area (Å²) >= 11 is 0. The minimum Gasteiger partial charge on any atom is -0.317 e. The number of rotatable bonds is 4. The molecule has 1 aromatic rings. The van der Waals surface area contributed by atoms with Crippen molar-refractivity contribution in [3.63, 3.8) is 0 Å². The molecular weight excluding hydrogens is 241 g/mol. The van der Waals surface area contributed by atoms with Gasteiger partial charge in [-0.05, 0) is 26.0 Å². The third kappa shape index (κ3) is 10.2. The Bertz CT molecular complexity index is 339. The first kappa shape index (κ1) is 16.3. The predicted molar refractivity (Wildman–Crippen MR) is 67.7 cm³/mol. The van der Waals surface area contributed by atoms with Crippen molar-refractivity contribution in [3.05, 3.63) is 35.9 Å². The van der Waals surface area contributed by atoms with Crippen molar-refractivity contribution in [1.82, 2.24) is 5.32 Å². The Morgan fingerprint density at radius 3 is 2.18 bits per heavy atom. The third-order valence-corrected chi connectivity index (χ3v) is 2.59. The smallest absolute Gasteiger partial charge is 0.317 e. The molecule has 1 rings (SSSR count). The summed E-state index contributed by atoms with van der Waals surface area (Å²) in [6, 6.07) is 11.1. The summed E-state index contributed by atoms with van der Waals surface area (Å²) in [7, 11) is -1.21. The van der Waals surface area contributed by atoms with E-state index in [1.807, 2.05) is 13.1 Å². The molecule has 6 heteroatoms. The maximum absolute atomic E-state index is 9.47. The van der Waals surface area contributed by atoms with Crippen LogP contribution in [0.1, 0.15) is 12.5 Å². The second kappa shape index (κ2) is 8.39. The largest absolute Gasteiger partial charge is 0.469 e. The standard InChI is InChI=1S/C10H15N.CH5O4P/c1-9(11-2)8-10-6-4-3-5-7-10;1-5-6(2,3)4/h3-7,9,11H,8H2,1-2H3;1H3,(H2,2,3,4)/t9-;/m0./s1. The third-order valence-electron chi connectivity index (χ3n) is 2.12. The SMILES string of the molecule is CN[C@@H](C)Cc1ccccc1.COP(=O)(O)O. The number of phosphoric ester groups is 1. The van der Waals surface area contributed by atoms with Gasteiger partial charge >= 0.3 is 7.82 Å². The molecule has 3 N–H and O–H groups in total. The van der Waals surface area contributed by atoms with Crippen LogP contribution >= 0.6 is 7.82 Å². The van der Waals surface area contributed by atoms with Gasteiger partial charge in [0.15, 0.2) is 0 Å². The summed E-state index contributed by atoms with van der Waals surface area (Å²) in [6.45, 7) is 2.19. The highest BCUT2D eigenvalue weighted by atomic mass is 31.2. The van der Waals surface area contributed by atoms with Gasteiger partial charge in [-0.15, -0.1) is 0 Å². The molecule has 1 aromatic carbocycles. The van der Waals surface area contributed by atoms with Crippen molar-refractivity contribution >= 4 is 7.82 Å². The van der Waals surface area contributed by atoms with Gasteiger partial charge in [-0.2, -0.15) is 0 Å². The maximum Gasteiger partial charge on any atom is 0.469 e. The zero-order valence-corrected chi connectivity index (χ0v) is 11.2. The number of benzene rings is 1. The van der Waals surface area contributed by atoms with E-state index in [1.54, 1.807) is 0 Å². The van der Waals surface area contributed by atoms with Crippen LogP contribution in [0.5, 0.6) is 0 Å². The Morgan fingerprint density at radius 1 is 1.35 bits per heavy atom. The van der Waals surface area contributed by atoms with E-state index in [4.69, 9.17) is 9.79 Å². The fraction of sp³-hybridized carbons (Fsp3) is 0.455. The quantitative estimate of drug-likeness (QED) is 0.717. The van der Waals surface area contributed by atoms with E-state index in [0.29, 0.717) is 6.04 Å². The van der Waals surface area contributed by atoms with E-state index in [0.717, 1.165) is 13.5 Å². The van der Waals surface area contributed by atoms with Crippen LogP contribution < -0.4 is 5.32 Å². The highest BCUT2D eigenvalue weighted by molar-refractivity contribution is 7.46. The first-order chi connectivity index (χ1) is 7.89. The van der Waals surface area contributed by atoms with E-state index < -0.39 is 7.82 Å². The van der Waals surface area contributed by atoms with E-state index in [1.165, 1.54) is 5.56 Å². The molecule has 5 nitrogen and oxygen atoms in total. The Hall–Kier alpha value is -0.710. The lowest BCUT2D eigenvalue weighted by Crippen LogP contribution is -2.23. The molecule has 0 aliphatic rings. The lowest BCUT2D eigenvalue weighted by Gasteiger charge is -2.08. The number of nitrogens with one attached hydrogen (secondary N) is 1. The summed E-state index contributed by atoms with van der Waals surface area (Å²) in [4.78, 5) is 15.4. The summed E-state index contributed by atoms with van der Waals surface area (Å²) in [5.41, 5.74) is 1.40. The van der Waals surface area contributed by atoms with Crippen LogP contribution in [0.2, 0.25) is 0 Å². The summed E-state index contributed by atoms with van der Waals surface area (Å²) < 4.78 is 13.1. The minimum atomic E-state index is -4.15. The highest BCUT2D eigenvalue weighted by Crippen LogP contribution is 2.33. The van der Waals surface area contributed by atoms with Gasteiger partial charge in [-0.3, -0.25) is 4.52 Å². The zero-order valence-electron chi connectivity index (χ0n) is 10.3. The first-order valence-electron chi connectivity index (χ1n) is 5.21. The molecule has 0 spiro atoms. The van der Waals surface area contributed by atoms with Crippen molar-refractivity contribution in [3.8, 4) is 0 Å². The number of phosphoric acid groups is 1. The van der Waals surface area contributed by atoms with Gasteiger partial charge in [-0.1, -0.05) is 30.3 Å². The molecule has 0 bridgehead atoms. The topological polar surface area (TPSA) is 78.8 Å². The summed E-state index contributed by atoms with van der Waals surface area (Å²) in [6.07, 6.45) is 1.11. The Labute approximate surface area is 102 Å². The minimum absolute atomic E-state index is 0.567.